The van der Waals surface area contributed by atoms with Crippen LogP contribution < -0.4 is 5.32 Å². The molecule has 0 bridgehead atoms. The maximum Gasteiger partial charge on any atom is 0.0113 e. The number of nitrogens with zero attached hydrogens (tertiary/aromatic N) is 2. The third-order valence-corrected chi connectivity index (χ3v) is 4.72. The fraction of sp³-hybridized carbons (Fsp3) is 1.00. The van der Waals surface area contributed by atoms with Crippen molar-refractivity contribution in [2.24, 2.45) is 5.92 Å². The quantitative estimate of drug-likeness (QED) is 0.803. The maximum absolute atomic E-state index is 3.47. The number of hydrogen-bond acceptors (Lipinski definition) is 3. The molecule has 1 atom stereocenters. The first-order chi connectivity index (χ1) is 8.18. The summed E-state index contributed by atoms with van der Waals surface area (Å²) < 4.78 is 0. The SMILES string of the molecule is CC(C)N1CCN(C(C)C2CCNCC2)CC1. The van der Waals surface area contributed by atoms with E-state index in [0.29, 0.717) is 6.04 Å². The van der Waals surface area contributed by atoms with E-state index in [1.807, 2.05) is 0 Å². The predicted octanol–water partition coefficient (Wildman–Crippen LogP) is 1.40. The predicted molar refractivity (Wildman–Crippen MR) is 73.3 cm³/mol. The van der Waals surface area contributed by atoms with E-state index < -0.39 is 0 Å². The van der Waals surface area contributed by atoms with Crippen LogP contribution >= 0.6 is 0 Å². The lowest BCUT2D eigenvalue weighted by Crippen LogP contribution is -2.53. The van der Waals surface area contributed by atoms with Gasteiger partial charge in [-0.2, -0.15) is 0 Å². The van der Waals surface area contributed by atoms with Gasteiger partial charge in [-0.3, -0.25) is 9.80 Å². The topological polar surface area (TPSA) is 18.5 Å². The average molecular weight is 239 g/mol. The fourth-order valence-electron chi connectivity index (χ4n) is 3.29. The summed E-state index contributed by atoms with van der Waals surface area (Å²) in [4.78, 5) is 5.32. The van der Waals surface area contributed by atoms with E-state index in [2.05, 4.69) is 35.9 Å². The first-order valence-electron chi connectivity index (χ1n) is 7.37. The standard InChI is InChI=1S/C14H29N3/c1-12(2)16-8-10-17(11-9-16)13(3)14-4-6-15-7-5-14/h12-15H,4-11H2,1-3H3. The Morgan fingerprint density at radius 3 is 1.94 bits per heavy atom. The molecule has 0 saturated carbocycles. The Morgan fingerprint density at radius 1 is 0.882 bits per heavy atom. The van der Waals surface area contributed by atoms with Crippen molar-refractivity contribution < 1.29 is 0 Å². The second kappa shape index (κ2) is 6.17. The van der Waals surface area contributed by atoms with Gasteiger partial charge in [0.1, 0.15) is 0 Å². The molecule has 0 aliphatic carbocycles. The minimum absolute atomic E-state index is 0.714. The van der Waals surface area contributed by atoms with Crippen LogP contribution in [0.1, 0.15) is 33.6 Å². The Labute approximate surface area is 107 Å². The first-order valence-corrected chi connectivity index (χ1v) is 7.37. The molecule has 0 aromatic heterocycles. The number of nitrogens with one attached hydrogen (secondary N) is 1. The van der Waals surface area contributed by atoms with Gasteiger partial charge in [-0.05, 0) is 52.6 Å². The van der Waals surface area contributed by atoms with Crippen LogP contribution in [0.4, 0.5) is 0 Å². The van der Waals surface area contributed by atoms with Crippen molar-refractivity contribution in [2.75, 3.05) is 39.3 Å². The van der Waals surface area contributed by atoms with E-state index in [1.165, 1.54) is 52.1 Å². The van der Waals surface area contributed by atoms with Gasteiger partial charge in [-0.1, -0.05) is 0 Å². The Kier molecular flexibility index (Phi) is 4.83. The molecule has 2 aliphatic heterocycles. The van der Waals surface area contributed by atoms with Crippen LogP contribution in [0.25, 0.3) is 0 Å². The van der Waals surface area contributed by atoms with Crippen LogP contribution in [0.5, 0.6) is 0 Å². The number of piperidine rings is 1. The van der Waals surface area contributed by atoms with Gasteiger partial charge in [-0.15, -0.1) is 0 Å². The Morgan fingerprint density at radius 2 is 1.41 bits per heavy atom. The van der Waals surface area contributed by atoms with E-state index >= 15 is 0 Å². The average Bonchev–Trinajstić information content (AvgIpc) is 2.39. The summed E-state index contributed by atoms with van der Waals surface area (Å²) in [5.41, 5.74) is 0. The second-order valence-corrected chi connectivity index (χ2v) is 5.99. The third kappa shape index (κ3) is 3.43. The number of rotatable bonds is 3. The zero-order valence-corrected chi connectivity index (χ0v) is 11.8. The molecule has 2 saturated heterocycles. The van der Waals surface area contributed by atoms with Gasteiger partial charge in [0.05, 0.1) is 0 Å². The Balaban J connectivity index is 1.79. The van der Waals surface area contributed by atoms with Crippen molar-refractivity contribution in [1.29, 1.82) is 0 Å². The van der Waals surface area contributed by atoms with Crippen molar-refractivity contribution in [3.05, 3.63) is 0 Å². The molecule has 100 valence electrons. The van der Waals surface area contributed by atoms with Crippen LogP contribution in [0.15, 0.2) is 0 Å². The molecular weight excluding hydrogens is 210 g/mol. The minimum Gasteiger partial charge on any atom is -0.317 e. The lowest BCUT2D eigenvalue weighted by molar-refractivity contribution is 0.0559. The summed E-state index contributed by atoms with van der Waals surface area (Å²) in [5.74, 6) is 0.918. The van der Waals surface area contributed by atoms with Gasteiger partial charge in [-0.25, -0.2) is 0 Å². The van der Waals surface area contributed by atoms with E-state index in [0.717, 1.165) is 12.0 Å². The summed E-state index contributed by atoms with van der Waals surface area (Å²) in [6.45, 7) is 14.6. The largest absolute Gasteiger partial charge is 0.317 e. The summed E-state index contributed by atoms with van der Waals surface area (Å²) >= 11 is 0. The maximum atomic E-state index is 3.47. The van der Waals surface area contributed by atoms with Crippen molar-refractivity contribution in [1.82, 2.24) is 15.1 Å². The molecule has 0 aromatic rings. The van der Waals surface area contributed by atoms with Gasteiger partial charge in [0, 0.05) is 38.3 Å². The molecule has 0 aromatic carbocycles. The van der Waals surface area contributed by atoms with Gasteiger partial charge >= 0.3 is 0 Å². The summed E-state index contributed by atoms with van der Waals surface area (Å²) in [6.07, 6.45) is 2.73. The highest BCUT2D eigenvalue weighted by atomic mass is 15.3. The highest BCUT2D eigenvalue weighted by molar-refractivity contribution is 4.83. The van der Waals surface area contributed by atoms with Crippen LogP contribution in [0.3, 0.4) is 0 Å². The summed E-state index contributed by atoms with van der Waals surface area (Å²) in [6, 6.07) is 1.50. The molecule has 2 aliphatic rings. The van der Waals surface area contributed by atoms with Gasteiger partial charge in [0.25, 0.3) is 0 Å². The van der Waals surface area contributed by atoms with Crippen molar-refractivity contribution >= 4 is 0 Å². The monoisotopic (exact) mass is 239 g/mol. The molecule has 1 unspecified atom stereocenters. The van der Waals surface area contributed by atoms with Crippen LogP contribution in [0.2, 0.25) is 0 Å². The lowest BCUT2D eigenvalue weighted by Gasteiger charge is -2.43. The summed E-state index contributed by atoms with van der Waals surface area (Å²) in [5, 5.41) is 3.47. The molecule has 3 nitrogen and oxygen atoms in total. The molecule has 2 heterocycles. The molecule has 2 fully saturated rings. The third-order valence-electron chi connectivity index (χ3n) is 4.72. The second-order valence-electron chi connectivity index (χ2n) is 5.99. The zero-order chi connectivity index (χ0) is 12.3. The van der Waals surface area contributed by atoms with Gasteiger partial charge in [0.2, 0.25) is 0 Å². The van der Waals surface area contributed by atoms with E-state index in [4.69, 9.17) is 0 Å². The fourth-order valence-corrected chi connectivity index (χ4v) is 3.29. The lowest BCUT2D eigenvalue weighted by atomic mass is 9.90. The molecule has 2 rings (SSSR count). The van der Waals surface area contributed by atoms with Crippen LogP contribution in [-0.2, 0) is 0 Å². The van der Waals surface area contributed by atoms with Gasteiger partial charge in [0.15, 0.2) is 0 Å². The van der Waals surface area contributed by atoms with Crippen molar-refractivity contribution in [2.45, 2.75) is 45.7 Å². The van der Waals surface area contributed by atoms with Crippen LogP contribution in [-0.4, -0.2) is 61.2 Å². The van der Waals surface area contributed by atoms with Crippen LogP contribution in [0, 0.1) is 5.92 Å². The van der Waals surface area contributed by atoms with Crippen molar-refractivity contribution in [3.63, 3.8) is 0 Å². The van der Waals surface area contributed by atoms with Crippen molar-refractivity contribution in [3.8, 4) is 0 Å². The normalized spacial score (nSPS) is 27.5. The van der Waals surface area contributed by atoms with E-state index in [1.54, 1.807) is 0 Å². The van der Waals surface area contributed by atoms with E-state index in [9.17, 15) is 0 Å². The Bertz CT molecular complexity index is 216. The first kappa shape index (κ1) is 13.3. The smallest absolute Gasteiger partial charge is 0.0113 e. The molecule has 0 spiro atoms. The number of piperazine rings is 1. The molecule has 1 N–H and O–H groups in total. The van der Waals surface area contributed by atoms with E-state index in [-0.39, 0.29) is 0 Å². The molecule has 3 heteroatoms. The highest BCUT2D eigenvalue weighted by Crippen LogP contribution is 2.22. The molecule has 0 radical (unpaired) electrons. The highest BCUT2D eigenvalue weighted by Gasteiger charge is 2.28. The minimum atomic E-state index is 0.714. The summed E-state index contributed by atoms with van der Waals surface area (Å²) in [7, 11) is 0. The molecular formula is C14H29N3. The Hall–Kier alpha value is -0.120. The number of hydrogen-bond donors (Lipinski definition) is 1. The zero-order valence-electron chi connectivity index (χ0n) is 11.8. The molecule has 17 heavy (non-hydrogen) atoms. The molecule has 0 amide bonds. The van der Waals surface area contributed by atoms with Gasteiger partial charge < -0.3 is 5.32 Å².